The molecule has 0 spiro atoms. The van der Waals surface area contributed by atoms with Gasteiger partial charge in [0.25, 0.3) is 7.59 Å². The van der Waals surface area contributed by atoms with Crippen molar-refractivity contribution in [1.82, 2.24) is 0 Å². The standard InChI is InChI=1S/C37H35Cl6N5O10/c38-36(39,40)34(44)57-27-24(47-48-46)32(52-22-17-50-30(54-25(22)27)20-12-6-2-7-13-20)56-28-26-23(18-51-31(55-26)21-14-8-3-9-15-21)53-33(58-35(45)37(41,42)43)29(28)49-16-19-10-4-1-5-11-19/h1-15,22-33,44-45H,16-18H2/t22-,23-,24-,25+,26+,27-,28+,29-,30+,31+,32+,33-/m1/s1. The van der Waals surface area contributed by atoms with E-state index >= 15 is 0 Å². The molecular weight excluding hydrogens is 887 g/mol. The topological polar surface area (TPSA) is 189 Å². The molecule has 12 atom stereocenters. The van der Waals surface area contributed by atoms with Crippen molar-refractivity contribution in [2.45, 2.75) is 88.1 Å². The molecule has 0 radical (unpaired) electrons. The number of azide groups is 1. The van der Waals surface area contributed by atoms with Gasteiger partial charge in [0.05, 0.1) is 19.8 Å². The maximum absolute atomic E-state index is 9.94. The second kappa shape index (κ2) is 18.9. The largest absolute Gasteiger partial charge is 0.471 e. The number of hydrogen-bond donors (Lipinski definition) is 2. The van der Waals surface area contributed by atoms with Gasteiger partial charge in [-0.3, -0.25) is 10.8 Å². The third kappa shape index (κ3) is 10.3. The quantitative estimate of drug-likeness (QED) is 0.0499. The summed E-state index contributed by atoms with van der Waals surface area (Å²) < 4.78 is 58.5. The van der Waals surface area contributed by atoms with Crippen molar-refractivity contribution in [1.29, 1.82) is 10.8 Å². The van der Waals surface area contributed by atoms with Crippen molar-refractivity contribution >= 4 is 81.4 Å². The molecule has 3 aromatic carbocycles. The summed E-state index contributed by atoms with van der Waals surface area (Å²) in [6.07, 6.45) is -12.4. The van der Waals surface area contributed by atoms with E-state index in [0.29, 0.717) is 11.1 Å². The molecular formula is C37H35Cl6N5O10. The average molecular weight is 922 g/mol. The molecule has 4 heterocycles. The Morgan fingerprint density at radius 1 is 0.655 bits per heavy atom. The summed E-state index contributed by atoms with van der Waals surface area (Å²) >= 11 is 36.4. The van der Waals surface area contributed by atoms with Gasteiger partial charge in [0.2, 0.25) is 18.1 Å². The lowest BCUT2D eigenvalue weighted by Gasteiger charge is -2.52. The monoisotopic (exact) mass is 919 g/mol. The average Bonchev–Trinajstić information content (AvgIpc) is 3.21. The lowest BCUT2D eigenvalue weighted by atomic mass is 9.94. The molecule has 4 aliphatic rings. The van der Waals surface area contributed by atoms with Gasteiger partial charge in [0.1, 0.15) is 48.8 Å². The van der Waals surface area contributed by atoms with Crippen LogP contribution in [0.4, 0.5) is 0 Å². The van der Waals surface area contributed by atoms with E-state index in [1.54, 1.807) is 12.1 Å². The first-order chi connectivity index (χ1) is 27.8. The Hall–Kier alpha value is -2.67. The molecule has 0 aromatic heterocycles. The van der Waals surface area contributed by atoms with Gasteiger partial charge >= 0.3 is 0 Å². The Bertz CT molecular complexity index is 1910. The lowest BCUT2D eigenvalue weighted by Crippen LogP contribution is -2.68. The molecule has 15 nitrogen and oxygen atoms in total. The zero-order valence-electron chi connectivity index (χ0n) is 29.9. The van der Waals surface area contributed by atoms with Gasteiger partial charge in [-0.15, -0.1) is 0 Å². The van der Waals surface area contributed by atoms with Crippen molar-refractivity contribution in [3.8, 4) is 0 Å². The Morgan fingerprint density at radius 3 is 1.66 bits per heavy atom. The van der Waals surface area contributed by atoms with Gasteiger partial charge in [-0.1, -0.05) is 166 Å². The van der Waals surface area contributed by atoms with Crippen LogP contribution in [0.3, 0.4) is 0 Å². The molecule has 0 saturated carbocycles. The number of halogens is 6. The number of nitrogens with one attached hydrogen (secondary N) is 2. The van der Waals surface area contributed by atoms with Crippen LogP contribution < -0.4 is 0 Å². The van der Waals surface area contributed by atoms with Crippen molar-refractivity contribution in [2.75, 3.05) is 13.2 Å². The molecule has 0 bridgehead atoms. The first-order valence-electron chi connectivity index (χ1n) is 17.7. The van der Waals surface area contributed by atoms with E-state index in [-0.39, 0.29) is 19.8 Å². The Labute approximate surface area is 362 Å². The molecule has 4 saturated heterocycles. The van der Waals surface area contributed by atoms with E-state index in [1.807, 2.05) is 78.9 Å². The maximum Gasteiger partial charge on any atom is 0.265 e. The second-order valence-electron chi connectivity index (χ2n) is 13.4. The molecule has 21 heteroatoms. The van der Waals surface area contributed by atoms with Crippen molar-refractivity contribution < 1.29 is 47.4 Å². The fraction of sp³-hybridized carbons (Fsp3) is 0.459. The molecule has 2 N–H and O–H groups in total. The molecule has 7 rings (SSSR count). The minimum absolute atomic E-state index is 0.00358. The second-order valence-corrected chi connectivity index (χ2v) is 17.9. The van der Waals surface area contributed by atoms with Crippen LogP contribution in [0.2, 0.25) is 0 Å². The van der Waals surface area contributed by atoms with Gasteiger partial charge in [-0.05, 0) is 11.1 Å². The van der Waals surface area contributed by atoms with Crippen molar-refractivity contribution in [2.24, 2.45) is 5.11 Å². The molecule has 4 aliphatic heterocycles. The van der Waals surface area contributed by atoms with E-state index in [1.165, 1.54) is 0 Å². The molecule has 4 fully saturated rings. The minimum atomic E-state index is -2.31. The van der Waals surface area contributed by atoms with Gasteiger partial charge < -0.3 is 47.4 Å². The van der Waals surface area contributed by atoms with Gasteiger partial charge in [0.15, 0.2) is 18.9 Å². The van der Waals surface area contributed by atoms with E-state index in [4.69, 9.17) is 128 Å². The fourth-order valence-corrected chi connectivity index (χ4v) is 7.10. The summed E-state index contributed by atoms with van der Waals surface area (Å²) in [4.78, 5) is 3.07. The zero-order chi connectivity index (χ0) is 41.0. The molecule has 58 heavy (non-hydrogen) atoms. The highest BCUT2D eigenvalue weighted by molar-refractivity contribution is 6.76. The number of ether oxygens (including phenoxy) is 10. The molecule has 0 aliphatic carbocycles. The third-order valence-electron chi connectivity index (χ3n) is 9.50. The summed E-state index contributed by atoms with van der Waals surface area (Å²) in [6.45, 7) is -0.105. The Morgan fingerprint density at radius 2 is 1.14 bits per heavy atom. The normalized spacial score (nSPS) is 32.4. The van der Waals surface area contributed by atoms with Crippen LogP contribution in [0.5, 0.6) is 0 Å². The zero-order valence-corrected chi connectivity index (χ0v) is 34.4. The minimum Gasteiger partial charge on any atom is -0.471 e. The van der Waals surface area contributed by atoms with Crippen LogP contribution in [0.25, 0.3) is 10.4 Å². The van der Waals surface area contributed by atoms with Gasteiger partial charge in [-0.25, -0.2) is 0 Å². The summed E-state index contributed by atoms with van der Waals surface area (Å²) in [6, 6.07) is 26.0. The van der Waals surface area contributed by atoms with Gasteiger partial charge in [0, 0.05) is 16.0 Å². The lowest BCUT2D eigenvalue weighted by molar-refractivity contribution is -0.393. The Balaban J connectivity index is 1.27. The number of benzene rings is 3. The Kier molecular flexibility index (Phi) is 14.2. The SMILES string of the molecule is [N-]=[N+]=N[C@H]1[C@H](O[C@H]2[C@H]3O[C@@H](c4ccccc4)OC[C@H]3O[C@H](OC(=N)C(Cl)(Cl)Cl)[C@@H]2OCc2ccccc2)O[C@@H]2CO[C@H](c3ccccc3)O[C@@H]2[C@@H]1OC(=N)C(Cl)(Cl)Cl. The summed E-state index contributed by atoms with van der Waals surface area (Å²) in [5, 5.41) is 21.0. The molecule has 0 unspecified atom stereocenters. The predicted molar refractivity (Wildman–Crippen MR) is 212 cm³/mol. The van der Waals surface area contributed by atoms with Crippen LogP contribution in [0.1, 0.15) is 29.3 Å². The van der Waals surface area contributed by atoms with Crippen LogP contribution >= 0.6 is 69.6 Å². The van der Waals surface area contributed by atoms with Crippen molar-refractivity contribution in [3.05, 3.63) is 118 Å². The van der Waals surface area contributed by atoms with Crippen LogP contribution in [0, 0.1) is 10.8 Å². The molecule has 310 valence electrons. The maximum atomic E-state index is 9.94. The smallest absolute Gasteiger partial charge is 0.265 e. The van der Waals surface area contributed by atoms with Crippen LogP contribution in [0.15, 0.2) is 96.1 Å². The predicted octanol–water partition coefficient (Wildman–Crippen LogP) is 8.41. The van der Waals surface area contributed by atoms with Crippen LogP contribution in [-0.4, -0.2) is 93.9 Å². The van der Waals surface area contributed by atoms with Crippen molar-refractivity contribution in [3.63, 3.8) is 0 Å². The van der Waals surface area contributed by atoms with E-state index < -0.39 is 93.3 Å². The van der Waals surface area contributed by atoms with E-state index in [2.05, 4.69) is 10.0 Å². The summed E-state index contributed by atoms with van der Waals surface area (Å²) in [5.74, 6) is -1.54. The highest BCUT2D eigenvalue weighted by Gasteiger charge is 2.58. The number of nitrogens with zero attached hydrogens (tertiary/aromatic N) is 3. The third-order valence-corrected chi connectivity index (χ3v) is 10.5. The first-order valence-corrected chi connectivity index (χ1v) is 20.0. The fourth-order valence-electron chi connectivity index (χ4n) is 6.83. The highest BCUT2D eigenvalue weighted by Crippen LogP contribution is 2.43. The highest BCUT2D eigenvalue weighted by atomic mass is 35.6. The molecule has 3 aromatic rings. The summed E-state index contributed by atoms with van der Waals surface area (Å²) in [5.41, 5.74) is 12.1. The van der Waals surface area contributed by atoms with Crippen LogP contribution in [-0.2, 0) is 54.0 Å². The number of rotatable bonds is 10. The van der Waals surface area contributed by atoms with E-state index in [0.717, 1.165) is 5.56 Å². The number of alkyl halides is 6. The first kappa shape index (κ1) is 43.4. The van der Waals surface area contributed by atoms with E-state index in [9.17, 15) is 5.53 Å². The number of fused-ring (bicyclic) bond motifs is 2. The summed E-state index contributed by atoms with van der Waals surface area (Å²) in [7, 11) is 0. The molecule has 0 amide bonds. The van der Waals surface area contributed by atoms with Gasteiger partial charge in [-0.2, -0.15) is 0 Å². The number of hydrogen-bond acceptors (Lipinski definition) is 13.